The zero-order valence-corrected chi connectivity index (χ0v) is 10.7. The van der Waals surface area contributed by atoms with Crippen molar-refractivity contribution in [2.45, 2.75) is 45.6 Å². The Morgan fingerprint density at radius 2 is 2.20 bits per heavy atom. The Labute approximate surface area is 96.1 Å². The highest BCUT2D eigenvalue weighted by atomic mass is 32.1. The van der Waals surface area contributed by atoms with E-state index in [1.165, 1.54) is 18.5 Å². The van der Waals surface area contributed by atoms with Gasteiger partial charge in [-0.15, -0.1) is 11.3 Å². The first kappa shape index (κ1) is 11.1. The summed E-state index contributed by atoms with van der Waals surface area (Å²) in [6, 6.07) is 0. The van der Waals surface area contributed by atoms with Crippen molar-refractivity contribution >= 4 is 11.3 Å². The van der Waals surface area contributed by atoms with Gasteiger partial charge < -0.3 is 5.32 Å². The maximum Gasteiger partial charge on any atom is 0.0794 e. The van der Waals surface area contributed by atoms with Gasteiger partial charge >= 0.3 is 0 Å². The molecule has 0 aliphatic heterocycles. The molecule has 2 nitrogen and oxygen atoms in total. The largest absolute Gasteiger partial charge is 0.312 e. The van der Waals surface area contributed by atoms with Crippen LogP contribution in [0.15, 0.2) is 10.9 Å². The number of rotatable bonds is 4. The van der Waals surface area contributed by atoms with E-state index in [0.29, 0.717) is 5.41 Å². The molecule has 1 aliphatic rings. The van der Waals surface area contributed by atoms with Crippen molar-refractivity contribution in [3.8, 4) is 0 Å². The van der Waals surface area contributed by atoms with E-state index in [9.17, 15) is 0 Å². The molecule has 0 aromatic carbocycles. The molecule has 1 aliphatic carbocycles. The van der Waals surface area contributed by atoms with Crippen molar-refractivity contribution in [2.75, 3.05) is 6.54 Å². The van der Waals surface area contributed by atoms with E-state index in [-0.39, 0.29) is 5.54 Å². The number of hydrogen-bond donors (Lipinski definition) is 1. The number of aromatic nitrogens is 1. The van der Waals surface area contributed by atoms with Crippen molar-refractivity contribution in [3.63, 3.8) is 0 Å². The quantitative estimate of drug-likeness (QED) is 0.850. The van der Waals surface area contributed by atoms with Gasteiger partial charge in [-0.25, -0.2) is 4.98 Å². The summed E-state index contributed by atoms with van der Waals surface area (Å²) in [5.74, 6) is 0. The van der Waals surface area contributed by atoms with Gasteiger partial charge in [0.05, 0.1) is 11.2 Å². The first-order valence-corrected chi connectivity index (χ1v) is 6.56. The molecular formula is C12H20N2S. The van der Waals surface area contributed by atoms with Gasteiger partial charge in [0.15, 0.2) is 0 Å². The van der Waals surface area contributed by atoms with Crippen LogP contribution in [0.3, 0.4) is 0 Å². The van der Waals surface area contributed by atoms with Crippen molar-refractivity contribution in [3.05, 3.63) is 16.6 Å². The first-order valence-electron chi connectivity index (χ1n) is 5.61. The zero-order chi connectivity index (χ0) is 10.9. The van der Waals surface area contributed by atoms with Gasteiger partial charge in [-0.05, 0) is 45.4 Å². The lowest BCUT2D eigenvalue weighted by molar-refractivity contribution is 0.355. The van der Waals surface area contributed by atoms with Crippen LogP contribution in [-0.2, 0) is 6.42 Å². The minimum absolute atomic E-state index is 0.234. The summed E-state index contributed by atoms with van der Waals surface area (Å²) >= 11 is 1.70. The van der Waals surface area contributed by atoms with E-state index in [4.69, 9.17) is 0 Å². The number of hydrogen-bond acceptors (Lipinski definition) is 3. The average molecular weight is 224 g/mol. The van der Waals surface area contributed by atoms with Gasteiger partial charge in [-0.3, -0.25) is 0 Å². The van der Waals surface area contributed by atoms with Gasteiger partial charge in [0, 0.05) is 17.5 Å². The Morgan fingerprint density at radius 3 is 2.67 bits per heavy atom. The highest BCUT2D eigenvalue weighted by Crippen LogP contribution is 2.47. The second-order valence-electron chi connectivity index (χ2n) is 5.76. The Hall–Kier alpha value is -0.410. The topological polar surface area (TPSA) is 24.9 Å². The highest BCUT2D eigenvalue weighted by molar-refractivity contribution is 7.07. The fourth-order valence-electron chi connectivity index (χ4n) is 1.75. The Kier molecular flexibility index (Phi) is 2.86. The third-order valence-corrected chi connectivity index (χ3v) is 3.63. The second kappa shape index (κ2) is 3.87. The highest BCUT2D eigenvalue weighted by Gasteiger charge is 2.43. The van der Waals surface area contributed by atoms with Crippen LogP contribution in [0.25, 0.3) is 0 Å². The van der Waals surface area contributed by atoms with Crippen LogP contribution in [0.4, 0.5) is 0 Å². The fourth-order valence-corrected chi connectivity index (χ4v) is 2.31. The second-order valence-corrected chi connectivity index (χ2v) is 6.48. The lowest BCUT2D eigenvalue weighted by atomic mass is 9.98. The van der Waals surface area contributed by atoms with Gasteiger partial charge in [0.1, 0.15) is 0 Å². The summed E-state index contributed by atoms with van der Waals surface area (Å²) in [7, 11) is 0. The molecule has 15 heavy (non-hydrogen) atoms. The lowest BCUT2D eigenvalue weighted by Gasteiger charge is -2.24. The number of thiazole rings is 1. The smallest absolute Gasteiger partial charge is 0.0794 e. The third-order valence-electron chi connectivity index (χ3n) is 2.99. The predicted molar refractivity (Wildman–Crippen MR) is 65.2 cm³/mol. The summed E-state index contributed by atoms with van der Waals surface area (Å²) in [5, 5.41) is 5.79. The average Bonchev–Trinajstić information content (AvgIpc) is 2.69. The van der Waals surface area contributed by atoms with E-state index in [0.717, 1.165) is 13.0 Å². The SMILES string of the molecule is CC(C)(C)NCC1(Cc2cscn2)CC1. The molecule has 1 heterocycles. The van der Waals surface area contributed by atoms with Crippen LogP contribution >= 0.6 is 11.3 Å². The fraction of sp³-hybridized carbons (Fsp3) is 0.750. The van der Waals surface area contributed by atoms with Gasteiger partial charge in [0.2, 0.25) is 0 Å². The molecule has 3 heteroatoms. The van der Waals surface area contributed by atoms with Crippen LogP contribution < -0.4 is 5.32 Å². The van der Waals surface area contributed by atoms with E-state index in [2.05, 4.69) is 36.5 Å². The first-order chi connectivity index (χ1) is 6.99. The zero-order valence-electron chi connectivity index (χ0n) is 9.84. The Balaban J connectivity index is 1.86. The van der Waals surface area contributed by atoms with Gasteiger partial charge in [-0.2, -0.15) is 0 Å². The summed E-state index contributed by atoms with van der Waals surface area (Å²) in [5.41, 5.74) is 3.95. The molecule has 0 radical (unpaired) electrons. The van der Waals surface area contributed by atoms with Crippen molar-refractivity contribution < 1.29 is 0 Å². The minimum Gasteiger partial charge on any atom is -0.312 e. The van der Waals surface area contributed by atoms with Crippen LogP contribution in [0.2, 0.25) is 0 Å². The van der Waals surface area contributed by atoms with Crippen LogP contribution in [-0.4, -0.2) is 17.1 Å². The van der Waals surface area contributed by atoms with E-state index in [1.54, 1.807) is 11.3 Å². The summed E-state index contributed by atoms with van der Waals surface area (Å²) in [4.78, 5) is 4.38. The molecule has 1 fully saturated rings. The molecule has 1 aromatic heterocycles. The van der Waals surface area contributed by atoms with Crippen molar-refractivity contribution in [2.24, 2.45) is 5.41 Å². The van der Waals surface area contributed by atoms with Gasteiger partial charge in [-0.1, -0.05) is 0 Å². The van der Waals surface area contributed by atoms with Crippen LogP contribution in [0.5, 0.6) is 0 Å². The molecule has 2 rings (SSSR count). The monoisotopic (exact) mass is 224 g/mol. The maximum atomic E-state index is 4.38. The van der Waals surface area contributed by atoms with E-state index < -0.39 is 0 Å². The third kappa shape index (κ3) is 3.28. The lowest BCUT2D eigenvalue weighted by Crippen LogP contribution is -2.40. The molecule has 1 N–H and O–H groups in total. The molecule has 0 spiro atoms. The molecule has 1 aromatic rings. The molecule has 0 bridgehead atoms. The summed E-state index contributed by atoms with van der Waals surface area (Å²) in [6.07, 6.45) is 3.86. The van der Waals surface area contributed by atoms with Gasteiger partial charge in [0.25, 0.3) is 0 Å². The molecule has 0 atom stereocenters. The normalized spacial score (nSPS) is 19.1. The number of nitrogens with one attached hydrogen (secondary N) is 1. The summed E-state index contributed by atoms with van der Waals surface area (Å²) < 4.78 is 0. The van der Waals surface area contributed by atoms with Crippen molar-refractivity contribution in [1.29, 1.82) is 0 Å². The summed E-state index contributed by atoms with van der Waals surface area (Å²) in [6.45, 7) is 7.82. The van der Waals surface area contributed by atoms with E-state index in [1.807, 2.05) is 5.51 Å². The Bertz CT molecular complexity index is 307. The number of nitrogens with zero attached hydrogens (tertiary/aromatic N) is 1. The van der Waals surface area contributed by atoms with Crippen molar-refractivity contribution in [1.82, 2.24) is 10.3 Å². The molecule has 0 saturated heterocycles. The standard InChI is InChI=1S/C12H20N2S/c1-11(2,3)14-8-12(4-5-12)6-10-7-15-9-13-10/h7,9,14H,4-6,8H2,1-3H3. The predicted octanol–water partition coefficient (Wildman–Crippen LogP) is 2.85. The molecular weight excluding hydrogens is 204 g/mol. The van der Waals surface area contributed by atoms with E-state index >= 15 is 0 Å². The Morgan fingerprint density at radius 1 is 1.47 bits per heavy atom. The van der Waals surface area contributed by atoms with Crippen LogP contribution in [0.1, 0.15) is 39.3 Å². The molecule has 84 valence electrons. The maximum absolute atomic E-state index is 4.38. The minimum atomic E-state index is 0.234. The molecule has 1 saturated carbocycles. The molecule has 0 amide bonds. The van der Waals surface area contributed by atoms with Crippen LogP contribution in [0, 0.1) is 5.41 Å². The molecule has 0 unspecified atom stereocenters.